The van der Waals surface area contributed by atoms with Crippen LogP contribution in [0.2, 0.25) is 0 Å². The number of aryl methyl sites for hydroxylation is 2. The Bertz CT molecular complexity index is 713. The molecule has 21 heavy (non-hydrogen) atoms. The van der Waals surface area contributed by atoms with Crippen molar-refractivity contribution in [2.75, 3.05) is 11.1 Å². The summed E-state index contributed by atoms with van der Waals surface area (Å²) in [5.74, 6) is 0. The number of rotatable bonds is 2. The number of fused-ring (bicyclic) bond motifs is 1. The maximum atomic E-state index is 9.00. The van der Waals surface area contributed by atoms with E-state index in [0.29, 0.717) is 6.04 Å². The van der Waals surface area contributed by atoms with Gasteiger partial charge in [-0.15, -0.1) is 0 Å². The zero-order valence-electron chi connectivity index (χ0n) is 12.2. The van der Waals surface area contributed by atoms with E-state index >= 15 is 0 Å². The first-order valence-corrected chi connectivity index (χ1v) is 7.33. The van der Waals surface area contributed by atoms with Gasteiger partial charge in [0.05, 0.1) is 17.7 Å². The highest BCUT2D eigenvalue weighted by Gasteiger charge is 2.20. The van der Waals surface area contributed by atoms with Crippen LogP contribution in [-0.4, -0.2) is 0 Å². The SMILES string of the molecule is Cc1cc(NC2CCCc3cc(N)ccc32)ccc1C#N. The second-order valence-electron chi connectivity index (χ2n) is 5.69. The van der Waals surface area contributed by atoms with E-state index in [4.69, 9.17) is 11.0 Å². The molecule has 1 aliphatic carbocycles. The normalized spacial score (nSPS) is 16.9. The van der Waals surface area contributed by atoms with Gasteiger partial charge in [-0.1, -0.05) is 6.07 Å². The minimum atomic E-state index is 0.321. The lowest BCUT2D eigenvalue weighted by molar-refractivity contribution is 0.600. The number of anilines is 2. The van der Waals surface area contributed by atoms with E-state index in [9.17, 15) is 0 Å². The Labute approximate surface area is 125 Å². The molecule has 0 aromatic heterocycles. The number of benzene rings is 2. The molecule has 0 amide bonds. The summed E-state index contributed by atoms with van der Waals surface area (Å²) in [7, 11) is 0. The van der Waals surface area contributed by atoms with Gasteiger partial charge in [0.2, 0.25) is 0 Å². The third-order valence-electron chi connectivity index (χ3n) is 4.17. The van der Waals surface area contributed by atoms with Gasteiger partial charge in [0.1, 0.15) is 0 Å². The molecular formula is C18H19N3. The minimum absolute atomic E-state index is 0.321. The summed E-state index contributed by atoms with van der Waals surface area (Å²) >= 11 is 0. The largest absolute Gasteiger partial charge is 0.399 e. The number of nitrogens with zero attached hydrogens (tertiary/aromatic N) is 1. The van der Waals surface area contributed by atoms with Crippen LogP contribution in [0.25, 0.3) is 0 Å². The van der Waals surface area contributed by atoms with Gasteiger partial charge in [-0.2, -0.15) is 5.26 Å². The Kier molecular flexibility index (Phi) is 3.53. The van der Waals surface area contributed by atoms with Crippen molar-refractivity contribution < 1.29 is 0 Å². The molecule has 3 rings (SSSR count). The lowest BCUT2D eigenvalue weighted by Gasteiger charge is -2.27. The summed E-state index contributed by atoms with van der Waals surface area (Å²) in [5.41, 5.74) is 12.2. The van der Waals surface area contributed by atoms with Crippen LogP contribution >= 0.6 is 0 Å². The number of nitriles is 1. The molecule has 1 atom stereocenters. The first-order valence-electron chi connectivity index (χ1n) is 7.33. The van der Waals surface area contributed by atoms with Gasteiger partial charge < -0.3 is 11.1 Å². The Morgan fingerprint density at radius 3 is 2.86 bits per heavy atom. The van der Waals surface area contributed by atoms with Crippen molar-refractivity contribution in [2.24, 2.45) is 0 Å². The summed E-state index contributed by atoms with van der Waals surface area (Å²) in [6.45, 7) is 1.97. The van der Waals surface area contributed by atoms with E-state index in [-0.39, 0.29) is 0 Å². The van der Waals surface area contributed by atoms with Crippen LogP contribution in [0.3, 0.4) is 0 Å². The smallest absolute Gasteiger partial charge is 0.0994 e. The summed E-state index contributed by atoms with van der Waals surface area (Å²) in [4.78, 5) is 0. The molecule has 0 saturated carbocycles. The van der Waals surface area contributed by atoms with Crippen LogP contribution in [0, 0.1) is 18.3 Å². The van der Waals surface area contributed by atoms with Crippen LogP contribution in [-0.2, 0) is 6.42 Å². The Morgan fingerprint density at radius 1 is 1.24 bits per heavy atom. The zero-order valence-corrected chi connectivity index (χ0v) is 12.2. The molecule has 0 bridgehead atoms. The number of hydrogen-bond donors (Lipinski definition) is 2. The van der Waals surface area contributed by atoms with Crippen LogP contribution in [0.1, 0.15) is 41.1 Å². The number of nitrogens with two attached hydrogens (primary N) is 1. The van der Waals surface area contributed by atoms with Crippen molar-refractivity contribution in [3.05, 3.63) is 58.7 Å². The predicted molar refractivity (Wildman–Crippen MR) is 86.1 cm³/mol. The van der Waals surface area contributed by atoms with Gasteiger partial charge in [-0.25, -0.2) is 0 Å². The molecule has 0 spiro atoms. The van der Waals surface area contributed by atoms with Crippen molar-refractivity contribution in [3.8, 4) is 6.07 Å². The Hall–Kier alpha value is -2.47. The molecule has 3 nitrogen and oxygen atoms in total. The first kappa shape index (κ1) is 13.5. The van der Waals surface area contributed by atoms with E-state index in [1.807, 2.05) is 31.2 Å². The molecule has 0 heterocycles. The highest BCUT2D eigenvalue weighted by molar-refractivity contribution is 5.54. The summed E-state index contributed by atoms with van der Waals surface area (Å²) in [6.07, 6.45) is 3.39. The molecule has 0 aliphatic heterocycles. The van der Waals surface area contributed by atoms with Crippen LogP contribution in [0.15, 0.2) is 36.4 Å². The number of nitrogen functional groups attached to an aromatic ring is 1. The highest BCUT2D eigenvalue weighted by atomic mass is 14.9. The Morgan fingerprint density at radius 2 is 2.10 bits per heavy atom. The van der Waals surface area contributed by atoms with Crippen molar-refractivity contribution >= 4 is 11.4 Å². The monoisotopic (exact) mass is 277 g/mol. The van der Waals surface area contributed by atoms with Crippen LogP contribution in [0.4, 0.5) is 11.4 Å². The van der Waals surface area contributed by atoms with Crippen molar-refractivity contribution in [3.63, 3.8) is 0 Å². The molecule has 106 valence electrons. The molecule has 3 heteroatoms. The Balaban J connectivity index is 1.87. The predicted octanol–water partition coefficient (Wildman–Crippen LogP) is 3.94. The van der Waals surface area contributed by atoms with Crippen molar-refractivity contribution in [2.45, 2.75) is 32.2 Å². The second-order valence-corrected chi connectivity index (χ2v) is 5.69. The molecule has 0 radical (unpaired) electrons. The molecule has 0 saturated heterocycles. The zero-order chi connectivity index (χ0) is 14.8. The standard InChI is InChI=1S/C18H19N3/c1-12-9-16(7-5-14(12)11-19)21-18-4-2-3-13-10-15(20)6-8-17(13)18/h5-10,18,21H,2-4,20H2,1H3. The fourth-order valence-electron chi connectivity index (χ4n) is 3.06. The maximum absolute atomic E-state index is 9.00. The van der Waals surface area contributed by atoms with E-state index in [0.717, 1.165) is 35.3 Å². The van der Waals surface area contributed by atoms with Crippen molar-refractivity contribution in [1.82, 2.24) is 0 Å². The fraction of sp³-hybridized carbons (Fsp3) is 0.278. The van der Waals surface area contributed by atoms with Crippen LogP contribution in [0.5, 0.6) is 0 Å². The molecule has 3 N–H and O–H groups in total. The molecule has 2 aromatic rings. The minimum Gasteiger partial charge on any atom is -0.399 e. The lowest BCUT2D eigenvalue weighted by Crippen LogP contribution is -2.17. The van der Waals surface area contributed by atoms with Gasteiger partial charge in [-0.05, 0) is 73.2 Å². The topological polar surface area (TPSA) is 61.8 Å². The molecular weight excluding hydrogens is 258 g/mol. The first-order chi connectivity index (χ1) is 10.2. The van der Waals surface area contributed by atoms with Gasteiger partial charge in [0.25, 0.3) is 0 Å². The van der Waals surface area contributed by atoms with Gasteiger partial charge in [0, 0.05) is 11.4 Å². The molecule has 1 unspecified atom stereocenters. The van der Waals surface area contributed by atoms with E-state index < -0.39 is 0 Å². The maximum Gasteiger partial charge on any atom is 0.0994 e. The third kappa shape index (κ3) is 2.71. The number of hydrogen-bond acceptors (Lipinski definition) is 3. The fourth-order valence-corrected chi connectivity index (χ4v) is 3.06. The average molecular weight is 277 g/mol. The summed E-state index contributed by atoms with van der Waals surface area (Å²) in [5, 5.41) is 12.6. The van der Waals surface area contributed by atoms with Gasteiger partial charge in [0.15, 0.2) is 0 Å². The lowest BCUT2D eigenvalue weighted by atomic mass is 9.87. The van der Waals surface area contributed by atoms with Gasteiger partial charge >= 0.3 is 0 Å². The van der Waals surface area contributed by atoms with Gasteiger partial charge in [-0.3, -0.25) is 0 Å². The molecule has 1 aliphatic rings. The quantitative estimate of drug-likeness (QED) is 0.817. The second kappa shape index (κ2) is 5.49. The molecule has 2 aromatic carbocycles. The average Bonchev–Trinajstić information content (AvgIpc) is 2.47. The summed E-state index contributed by atoms with van der Waals surface area (Å²) < 4.78 is 0. The summed E-state index contributed by atoms with van der Waals surface area (Å²) in [6, 6.07) is 14.6. The van der Waals surface area contributed by atoms with Crippen molar-refractivity contribution in [1.29, 1.82) is 5.26 Å². The number of nitrogens with one attached hydrogen (secondary N) is 1. The van der Waals surface area contributed by atoms with E-state index in [2.05, 4.69) is 23.5 Å². The van der Waals surface area contributed by atoms with Crippen LogP contribution < -0.4 is 11.1 Å². The molecule has 0 fully saturated rings. The van der Waals surface area contributed by atoms with E-state index in [1.165, 1.54) is 17.5 Å². The third-order valence-corrected chi connectivity index (χ3v) is 4.17. The van der Waals surface area contributed by atoms with E-state index in [1.54, 1.807) is 0 Å². The highest BCUT2D eigenvalue weighted by Crippen LogP contribution is 2.33.